The number of aromatic nitrogens is 3. The van der Waals surface area contributed by atoms with Crippen molar-refractivity contribution in [2.45, 2.75) is 6.92 Å². The van der Waals surface area contributed by atoms with Crippen LogP contribution in [-0.4, -0.2) is 21.6 Å². The van der Waals surface area contributed by atoms with Gasteiger partial charge in [-0.1, -0.05) is 6.07 Å². The third kappa shape index (κ3) is 1.62. The lowest BCUT2D eigenvalue weighted by Crippen LogP contribution is -1.99. The number of rotatable bonds is 2. The van der Waals surface area contributed by atoms with Crippen LogP contribution in [0.15, 0.2) is 42.9 Å². The highest BCUT2D eigenvalue weighted by Crippen LogP contribution is 2.27. The number of hydrogen-bond acceptors (Lipinski definition) is 3. The summed E-state index contributed by atoms with van der Waals surface area (Å²) < 4.78 is 7.35. The van der Waals surface area contributed by atoms with E-state index in [-0.39, 0.29) is 0 Å². The van der Waals surface area contributed by atoms with E-state index in [1.54, 1.807) is 19.5 Å². The van der Waals surface area contributed by atoms with E-state index in [2.05, 4.69) is 9.97 Å². The molecule has 0 aliphatic carbocycles. The summed E-state index contributed by atoms with van der Waals surface area (Å²) >= 11 is 0. The van der Waals surface area contributed by atoms with Gasteiger partial charge < -0.3 is 9.30 Å². The Morgan fingerprint density at radius 3 is 2.78 bits per heavy atom. The molecule has 4 heteroatoms. The van der Waals surface area contributed by atoms with Crippen LogP contribution in [0.2, 0.25) is 0 Å². The van der Waals surface area contributed by atoms with Crippen LogP contribution < -0.4 is 4.74 Å². The molecule has 0 saturated heterocycles. The fraction of sp³-hybridized carbons (Fsp3) is 0.143. The molecule has 0 spiro atoms. The Balaban J connectivity index is 2.36. The third-order valence-corrected chi connectivity index (χ3v) is 2.98. The summed E-state index contributed by atoms with van der Waals surface area (Å²) in [6, 6.07) is 7.91. The summed E-state index contributed by atoms with van der Waals surface area (Å²) in [5.41, 5.74) is 1.93. The van der Waals surface area contributed by atoms with Gasteiger partial charge in [-0.15, -0.1) is 0 Å². The molecule has 3 aromatic rings. The molecule has 18 heavy (non-hydrogen) atoms. The molecular weight excluding hydrogens is 226 g/mol. The van der Waals surface area contributed by atoms with Gasteiger partial charge in [0.1, 0.15) is 11.6 Å². The third-order valence-electron chi connectivity index (χ3n) is 2.98. The van der Waals surface area contributed by atoms with Crippen LogP contribution >= 0.6 is 0 Å². The van der Waals surface area contributed by atoms with Gasteiger partial charge >= 0.3 is 0 Å². The maximum Gasteiger partial charge on any atom is 0.121 e. The largest absolute Gasteiger partial charge is 0.497 e. The maximum absolute atomic E-state index is 5.34. The highest BCUT2D eigenvalue weighted by molar-refractivity contribution is 5.88. The van der Waals surface area contributed by atoms with Crippen molar-refractivity contribution in [2.24, 2.45) is 0 Å². The zero-order valence-electron chi connectivity index (χ0n) is 10.3. The van der Waals surface area contributed by atoms with Gasteiger partial charge in [0.25, 0.3) is 0 Å². The number of ether oxygens (including phenoxy) is 1. The number of fused-ring (bicyclic) bond motifs is 1. The summed E-state index contributed by atoms with van der Waals surface area (Å²) in [5, 5.41) is 1.06. The molecule has 90 valence electrons. The predicted octanol–water partition coefficient (Wildman–Crippen LogP) is 2.74. The van der Waals surface area contributed by atoms with Gasteiger partial charge in [0, 0.05) is 30.0 Å². The first-order valence-corrected chi connectivity index (χ1v) is 5.72. The van der Waals surface area contributed by atoms with E-state index in [4.69, 9.17) is 4.74 Å². The summed E-state index contributed by atoms with van der Waals surface area (Å²) in [6.07, 6.45) is 5.51. The highest BCUT2D eigenvalue weighted by Gasteiger charge is 2.09. The van der Waals surface area contributed by atoms with Crippen molar-refractivity contribution in [2.75, 3.05) is 7.11 Å². The van der Waals surface area contributed by atoms with Crippen LogP contribution in [0.3, 0.4) is 0 Å². The molecule has 0 amide bonds. The maximum atomic E-state index is 5.34. The Bertz CT molecular complexity index is 703. The van der Waals surface area contributed by atoms with Crippen molar-refractivity contribution in [3.8, 4) is 11.4 Å². The lowest BCUT2D eigenvalue weighted by molar-refractivity contribution is 0.415. The van der Waals surface area contributed by atoms with Gasteiger partial charge in [-0.3, -0.25) is 4.98 Å². The van der Waals surface area contributed by atoms with Gasteiger partial charge in [0.05, 0.1) is 18.3 Å². The number of hydrogen-bond donors (Lipinski definition) is 0. The number of methoxy groups -OCH3 is 1. The number of pyridine rings is 1. The van der Waals surface area contributed by atoms with Gasteiger partial charge in [-0.25, -0.2) is 4.98 Å². The molecule has 0 aliphatic rings. The lowest BCUT2D eigenvalue weighted by Gasteiger charge is -2.10. The minimum absolute atomic E-state index is 0.818. The molecule has 0 atom stereocenters. The Kier molecular flexibility index (Phi) is 2.48. The predicted molar refractivity (Wildman–Crippen MR) is 70.2 cm³/mol. The average molecular weight is 239 g/mol. The zero-order valence-corrected chi connectivity index (χ0v) is 10.3. The van der Waals surface area contributed by atoms with Crippen LogP contribution in [-0.2, 0) is 0 Å². The van der Waals surface area contributed by atoms with Crippen LogP contribution in [0.1, 0.15) is 5.82 Å². The van der Waals surface area contributed by atoms with Crippen molar-refractivity contribution in [3.05, 3.63) is 48.7 Å². The summed E-state index contributed by atoms with van der Waals surface area (Å²) in [7, 11) is 1.67. The number of aryl methyl sites for hydroxylation is 1. The first kappa shape index (κ1) is 10.8. The number of benzene rings is 1. The van der Waals surface area contributed by atoms with Crippen LogP contribution in [0.4, 0.5) is 0 Å². The van der Waals surface area contributed by atoms with Crippen molar-refractivity contribution in [1.82, 2.24) is 14.5 Å². The molecular formula is C14H13N3O. The van der Waals surface area contributed by atoms with Crippen molar-refractivity contribution >= 4 is 10.9 Å². The van der Waals surface area contributed by atoms with E-state index in [0.29, 0.717) is 0 Å². The van der Waals surface area contributed by atoms with Gasteiger partial charge in [0.2, 0.25) is 0 Å². The summed E-state index contributed by atoms with van der Waals surface area (Å²) in [6.45, 7) is 1.97. The average Bonchev–Trinajstić information content (AvgIpc) is 2.83. The van der Waals surface area contributed by atoms with Crippen LogP contribution in [0.5, 0.6) is 5.75 Å². The van der Waals surface area contributed by atoms with E-state index in [1.807, 2.05) is 42.0 Å². The molecule has 0 aliphatic heterocycles. The fourth-order valence-corrected chi connectivity index (χ4v) is 2.08. The number of nitrogens with zero attached hydrogens (tertiary/aromatic N) is 3. The SMILES string of the molecule is COc1cc(-n2ccnc2C)c2ncccc2c1. The Morgan fingerprint density at radius 1 is 1.17 bits per heavy atom. The standard InChI is InChI=1S/C14H13N3O/c1-10-15-6-7-17(10)13-9-12(18-2)8-11-4-3-5-16-14(11)13/h3-9H,1-2H3. The van der Waals surface area contributed by atoms with E-state index in [1.165, 1.54) is 0 Å². The van der Waals surface area contributed by atoms with Gasteiger partial charge in [0.15, 0.2) is 0 Å². The fourth-order valence-electron chi connectivity index (χ4n) is 2.08. The second kappa shape index (κ2) is 4.14. The molecule has 2 heterocycles. The first-order chi connectivity index (χ1) is 8.79. The Morgan fingerprint density at radius 2 is 2.06 bits per heavy atom. The zero-order chi connectivity index (χ0) is 12.5. The molecule has 3 rings (SSSR count). The second-order valence-corrected chi connectivity index (χ2v) is 4.07. The summed E-state index contributed by atoms with van der Waals surface area (Å²) in [5.74, 6) is 1.74. The van der Waals surface area contributed by atoms with Crippen LogP contribution in [0, 0.1) is 6.92 Å². The molecule has 1 aromatic carbocycles. The molecule has 0 fully saturated rings. The lowest BCUT2D eigenvalue weighted by atomic mass is 10.1. The topological polar surface area (TPSA) is 39.9 Å². The molecule has 4 nitrogen and oxygen atoms in total. The van der Waals surface area contributed by atoms with E-state index >= 15 is 0 Å². The molecule has 2 aromatic heterocycles. The molecule has 0 bridgehead atoms. The minimum Gasteiger partial charge on any atom is -0.497 e. The molecule has 0 unspecified atom stereocenters. The minimum atomic E-state index is 0.818. The Hall–Kier alpha value is -2.36. The normalized spacial score (nSPS) is 10.8. The van der Waals surface area contributed by atoms with Crippen molar-refractivity contribution in [1.29, 1.82) is 0 Å². The monoisotopic (exact) mass is 239 g/mol. The highest BCUT2D eigenvalue weighted by atomic mass is 16.5. The number of imidazole rings is 1. The second-order valence-electron chi connectivity index (χ2n) is 4.07. The van der Waals surface area contributed by atoms with Gasteiger partial charge in [-0.05, 0) is 19.1 Å². The smallest absolute Gasteiger partial charge is 0.121 e. The summed E-state index contributed by atoms with van der Waals surface area (Å²) in [4.78, 5) is 8.70. The quantitative estimate of drug-likeness (QED) is 0.690. The molecule has 0 N–H and O–H groups in total. The van der Waals surface area contributed by atoms with Crippen molar-refractivity contribution in [3.63, 3.8) is 0 Å². The molecule has 0 radical (unpaired) electrons. The first-order valence-electron chi connectivity index (χ1n) is 5.72. The van der Waals surface area contributed by atoms with E-state index in [0.717, 1.165) is 28.2 Å². The Labute approximate surface area is 105 Å². The van der Waals surface area contributed by atoms with Crippen molar-refractivity contribution < 1.29 is 4.74 Å². The van der Waals surface area contributed by atoms with E-state index in [9.17, 15) is 0 Å². The van der Waals surface area contributed by atoms with Crippen LogP contribution in [0.25, 0.3) is 16.6 Å². The van der Waals surface area contributed by atoms with E-state index < -0.39 is 0 Å². The van der Waals surface area contributed by atoms with Gasteiger partial charge in [-0.2, -0.15) is 0 Å². The molecule has 0 saturated carbocycles.